The van der Waals surface area contributed by atoms with Gasteiger partial charge in [-0.05, 0) is 49.8 Å². The predicted molar refractivity (Wildman–Crippen MR) is 303 cm³/mol. The zero-order chi connectivity index (χ0) is 59.3. The summed E-state index contributed by atoms with van der Waals surface area (Å²) in [6.45, 7) is 2.45. The van der Waals surface area contributed by atoms with E-state index in [1.807, 2.05) is 25.1 Å². The van der Waals surface area contributed by atoms with Crippen molar-refractivity contribution in [1.29, 1.82) is 5.41 Å². The number of rotatable bonds is 20. The number of hydrogen-bond acceptors (Lipinski definition) is 15. The predicted octanol–water partition coefficient (Wildman–Crippen LogP) is -0.465. The number of ketones is 1. The molecule has 8 atom stereocenters. The van der Waals surface area contributed by atoms with E-state index in [9.17, 15) is 57.8 Å². The highest BCUT2D eigenvalue weighted by Gasteiger charge is 2.40. The summed E-state index contributed by atoms with van der Waals surface area (Å²) < 4.78 is 0. The van der Waals surface area contributed by atoms with Crippen LogP contribution in [0.5, 0.6) is 0 Å². The quantitative estimate of drug-likeness (QED) is 0.0175. The number of imide groups is 1. The fraction of sp³-hybridized carbons (Fsp3) is 0.453. The summed E-state index contributed by atoms with van der Waals surface area (Å²) in [6, 6.07) is 3.89. The number of imidazole rings is 1. The van der Waals surface area contributed by atoms with E-state index in [1.54, 1.807) is 42.6 Å². The van der Waals surface area contributed by atoms with Crippen molar-refractivity contribution in [2.24, 2.45) is 5.73 Å². The normalized spacial score (nSPS) is 22.8. The number of hydrogen-bond donors (Lipinski definition) is 14. The van der Waals surface area contributed by atoms with Crippen LogP contribution in [0, 0.1) is 5.41 Å². The van der Waals surface area contributed by atoms with Gasteiger partial charge in [0, 0.05) is 72.7 Å². The van der Waals surface area contributed by atoms with Crippen molar-refractivity contribution in [2.75, 3.05) is 24.6 Å². The third kappa shape index (κ3) is 18.8. The molecule has 0 unspecified atom stereocenters. The van der Waals surface area contributed by atoms with E-state index < -0.39 is 133 Å². The Labute approximate surface area is 479 Å². The van der Waals surface area contributed by atoms with Crippen molar-refractivity contribution in [3.63, 3.8) is 0 Å². The lowest BCUT2D eigenvalue weighted by Crippen LogP contribution is -2.61. The van der Waals surface area contributed by atoms with Crippen molar-refractivity contribution >= 4 is 103 Å². The fourth-order valence-corrected chi connectivity index (χ4v) is 11.4. The number of guanidine groups is 1. The first kappa shape index (κ1) is 62.7. The Bertz CT molecular complexity index is 2950. The first-order chi connectivity index (χ1) is 39.3. The molecule has 0 aliphatic carbocycles. The third-order valence-corrected chi connectivity index (χ3v) is 15.8. The minimum Gasteiger partial charge on any atom is -0.481 e. The number of aromatic amines is 2. The molecule has 2 saturated heterocycles. The van der Waals surface area contributed by atoms with Gasteiger partial charge in [-0.1, -0.05) is 89.9 Å². The number of fused-ring (bicyclic) bond motifs is 1. The highest BCUT2D eigenvalue weighted by molar-refractivity contribution is 8.76. The van der Waals surface area contributed by atoms with Crippen molar-refractivity contribution in [2.45, 2.75) is 126 Å². The maximum absolute atomic E-state index is 14.7. The molecule has 82 heavy (non-hydrogen) atoms. The smallest absolute Gasteiger partial charge is 0.325 e. The van der Waals surface area contributed by atoms with Crippen molar-refractivity contribution in [1.82, 2.24) is 67.7 Å². The molecule has 0 radical (unpaired) electrons. The lowest BCUT2D eigenvalue weighted by atomic mass is 10.0. The van der Waals surface area contributed by atoms with Gasteiger partial charge in [0.15, 0.2) is 11.7 Å². The van der Waals surface area contributed by atoms with Crippen molar-refractivity contribution < 1.29 is 57.8 Å². The summed E-state index contributed by atoms with van der Waals surface area (Å²) in [5, 5.41) is 42.0. The lowest BCUT2D eigenvalue weighted by Gasteiger charge is -2.28. The molecule has 0 spiro atoms. The third-order valence-electron chi connectivity index (χ3n) is 13.4. The molecule has 2 aliphatic rings. The van der Waals surface area contributed by atoms with Gasteiger partial charge >= 0.3 is 12.0 Å². The Morgan fingerprint density at radius 3 is 1.96 bits per heavy atom. The van der Waals surface area contributed by atoms with Gasteiger partial charge in [-0.15, -0.1) is 0 Å². The molecule has 15 N–H and O–H groups in total. The van der Waals surface area contributed by atoms with Crippen LogP contribution >= 0.6 is 21.6 Å². The van der Waals surface area contributed by atoms with Crippen LogP contribution < -0.4 is 53.6 Å². The number of aliphatic carboxylic acids is 1. The second kappa shape index (κ2) is 30.9. The van der Waals surface area contributed by atoms with Crippen LogP contribution in [0.4, 0.5) is 4.79 Å². The minimum atomic E-state index is -1.68. The number of benzene rings is 2. The van der Waals surface area contributed by atoms with Gasteiger partial charge in [0.2, 0.25) is 41.4 Å². The number of unbranched alkanes of at least 4 members (excludes halogenated alkanes) is 1. The van der Waals surface area contributed by atoms with Crippen molar-refractivity contribution in [3.05, 3.63) is 90.1 Å². The molecule has 4 heterocycles. The summed E-state index contributed by atoms with van der Waals surface area (Å²) in [7, 11) is 1.97. The maximum Gasteiger partial charge on any atom is 0.325 e. The zero-order valence-electron chi connectivity index (χ0n) is 45.2. The summed E-state index contributed by atoms with van der Waals surface area (Å²) in [6.07, 6.45) is 4.41. The molecule has 440 valence electrons. The van der Waals surface area contributed by atoms with Gasteiger partial charge < -0.3 is 68.7 Å². The first-order valence-corrected chi connectivity index (χ1v) is 29.1. The number of nitrogens with zero attached hydrogens (tertiary/aromatic N) is 2. The summed E-state index contributed by atoms with van der Waals surface area (Å²) >= 11 is 0. The second-order valence-corrected chi connectivity index (χ2v) is 22.2. The molecular formula is C53H69N15O12S2. The van der Waals surface area contributed by atoms with Gasteiger partial charge in [-0.25, -0.2) is 9.78 Å². The lowest BCUT2D eigenvalue weighted by molar-refractivity contribution is -0.138. The fourth-order valence-electron chi connectivity index (χ4n) is 8.97. The molecule has 4 aromatic rings. The van der Waals surface area contributed by atoms with E-state index in [2.05, 4.69) is 62.8 Å². The molecular weight excluding hydrogens is 1100 g/mol. The molecule has 2 aliphatic heterocycles. The van der Waals surface area contributed by atoms with Gasteiger partial charge in [0.25, 0.3) is 5.91 Å². The number of carboxylic acids is 1. The number of aromatic nitrogens is 3. The van der Waals surface area contributed by atoms with E-state index in [4.69, 9.17) is 11.1 Å². The molecule has 0 saturated carbocycles. The van der Waals surface area contributed by atoms with E-state index in [0.29, 0.717) is 34.6 Å². The van der Waals surface area contributed by atoms with Gasteiger partial charge in [-0.2, -0.15) is 0 Å². The number of H-pyrrole nitrogens is 2. The average molecular weight is 1170 g/mol. The number of carbonyl (C=O) groups is 11. The topological polar surface area (TPSA) is 414 Å². The average Bonchev–Trinajstić information content (AvgIpc) is 4.30. The number of carboxylic acid groups (broad SMARTS) is 1. The Morgan fingerprint density at radius 2 is 1.30 bits per heavy atom. The molecule has 2 aromatic carbocycles. The molecule has 6 rings (SSSR count). The van der Waals surface area contributed by atoms with Gasteiger partial charge in [0.05, 0.1) is 12.4 Å². The standard InChI is InChI=1S/C53H69N15O12S2/c1-3-4-14-37-51(79)68(53(80)67-37)25-43(70)60-42-27-82-81-26-41(29(2)69)66-48(76)39(21-31-23-58-34-15-9-8-13-33(31)34)64-45(73)35(16-10-19-57-52(54)55)61-47(75)38(20-30-11-6-5-7-12-30)63-49(77)40(22-32-24-56-28-59-32)65-46(74)36(62-50(42)78)17-18-44(71)72/h5-9,11-13,15,23-24,28,35-42,58H,3-4,10,14,16-22,25-27H2,1-2H3,(H,56,59)(H,60,70)(H,61,75)(H,62,78)(H,63,77)(H,64,73)(H,65,74)(H,66,76)(H,67,80)(H,71,72)(H4,54,55,57)/t35-,36-,37-,38+,39-,40-,41-,42-/m0/s1. The Morgan fingerprint density at radius 1 is 0.707 bits per heavy atom. The number of amides is 10. The maximum atomic E-state index is 14.7. The summed E-state index contributed by atoms with van der Waals surface area (Å²) in [4.78, 5) is 163. The van der Waals surface area contributed by atoms with Crippen LogP contribution in [-0.2, 0) is 67.2 Å². The van der Waals surface area contributed by atoms with Gasteiger partial charge in [0.1, 0.15) is 48.8 Å². The molecule has 10 amide bonds. The van der Waals surface area contributed by atoms with E-state index >= 15 is 0 Å². The Kier molecular flexibility index (Phi) is 23.7. The van der Waals surface area contributed by atoms with Gasteiger partial charge in [-0.3, -0.25) is 58.3 Å². The number of urea groups is 1. The van der Waals surface area contributed by atoms with Crippen LogP contribution in [0.25, 0.3) is 10.9 Å². The van der Waals surface area contributed by atoms with Crippen LogP contribution in [0.3, 0.4) is 0 Å². The van der Waals surface area contributed by atoms with Crippen LogP contribution in [0.15, 0.2) is 73.3 Å². The Balaban J connectivity index is 1.39. The number of nitrogens with one attached hydrogen (secondary N) is 12. The van der Waals surface area contributed by atoms with Crippen molar-refractivity contribution in [3.8, 4) is 0 Å². The summed E-state index contributed by atoms with van der Waals surface area (Å²) in [5.74, 6) is -9.68. The largest absolute Gasteiger partial charge is 0.481 e. The number of Topliss-reactive ketones (excluding diaryl/α,β-unsaturated/α-hetero) is 1. The number of para-hydroxylation sites is 1. The molecule has 2 aromatic heterocycles. The highest BCUT2D eigenvalue weighted by Crippen LogP contribution is 2.25. The monoisotopic (exact) mass is 1170 g/mol. The first-order valence-electron chi connectivity index (χ1n) is 26.6. The Hall–Kier alpha value is -8.47. The SMILES string of the molecule is CCCC[C@@H]1NC(=O)N(CC(=O)N[C@H]2CSSC[C@@H](C(C)=O)NC(=O)[C@H](Cc3c[nH]c4ccccc34)NC(=O)[C@H](CCCNC(=N)N)NC(=O)[C@@H](Cc3ccccc3)NC(=O)[C@H](Cc3cnc[nH]3)NC(=O)[C@H](CCC(=O)O)NC2=O)C1=O. The number of nitrogens with two attached hydrogens (primary N) is 1. The molecule has 2 fully saturated rings. The highest BCUT2D eigenvalue weighted by atomic mass is 33.1. The zero-order valence-corrected chi connectivity index (χ0v) is 46.8. The molecule has 29 heteroatoms. The summed E-state index contributed by atoms with van der Waals surface area (Å²) in [5.41, 5.74) is 7.79. The van der Waals surface area contributed by atoms with Crippen LogP contribution in [0.2, 0.25) is 0 Å². The van der Waals surface area contributed by atoms with Crippen LogP contribution in [0.1, 0.15) is 75.6 Å². The minimum absolute atomic E-state index is 0.0795. The van der Waals surface area contributed by atoms with Crippen LogP contribution in [-0.4, -0.2) is 169 Å². The van der Waals surface area contributed by atoms with E-state index in [-0.39, 0.29) is 56.1 Å². The second-order valence-electron chi connectivity index (χ2n) is 19.7. The van der Waals surface area contributed by atoms with E-state index in [1.165, 1.54) is 19.4 Å². The molecule has 0 bridgehead atoms. The van der Waals surface area contributed by atoms with E-state index in [0.717, 1.165) is 38.9 Å². The molecule has 27 nitrogen and oxygen atoms in total. The number of carbonyl (C=O) groups excluding carboxylic acids is 10.